The molecular formula is C20H19BrFN3O2. The third-order valence-electron chi connectivity index (χ3n) is 4.87. The predicted octanol–water partition coefficient (Wildman–Crippen LogP) is 4.43. The highest BCUT2D eigenvalue weighted by molar-refractivity contribution is 9.10. The van der Waals surface area contributed by atoms with Crippen molar-refractivity contribution < 1.29 is 13.7 Å². The molecule has 1 aliphatic rings. The monoisotopic (exact) mass is 431 g/mol. The van der Waals surface area contributed by atoms with Crippen LogP contribution >= 0.6 is 15.9 Å². The van der Waals surface area contributed by atoms with Crippen LogP contribution in [-0.4, -0.2) is 23.4 Å². The maximum Gasteiger partial charge on any atom is 0.240 e. The number of hydrogen-bond acceptors (Lipinski definition) is 5. The van der Waals surface area contributed by atoms with Crippen LogP contribution in [0.3, 0.4) is 0 Å². The second-order valence-corrected chi connectivity index (χ2v) is 7.49. The van der Waals surface area contributed by atoms with Crippen molar-refractivity contribution in [2.24, 2.45) is 0 Å². The first-order chi connectivity index (χ1) is 13.1. The van der Waals surface area contributed by atoms with Gasteiger partial charge in [0.1, 0.15) is 5.82 Å². The summed E-state index contributed by atoms with van der Waals surface area (Å²) in [5.74, 6) is 0.824. The summed E-state index contributed by atoms with van der Waals surface area (Å²) in [5.41, 5.74) is 1.63. The lowest BCUT2D eigenvalue weighted by Crippen LogP contribution is -2.46. The van der Waals surface area contributed by atoms with E-state index in [-0.39, 0.29) is 11.4 Å². The average molecular weight is 432 g/mol. The summed E-state index contributed by atoms with van der Waals surface area (Å²) in [7, 11) is 0. The molecule has 140 valence electrons. The van der Waals surface area contributed by atoms with E-state index in [4.69, 9.17) is 9.26 Å². The van der Waals surface area contributed by atoms with Crippen LogP contribution in [-0.2, 0) is 16.8 Å². The van der Waals surface area contributed by atoms with Gasteiger partial charge in [0, 0.05) is 28.8 Å². The Balaban J connectivity index is 1.52. The number of rotatable bonds is 5. The molecule has 0 unspecified atom stereocenters. The minimum atomic E-state index is -0.295. The molecule has 0 amide bonds. The van der Waals surface area contributed by atoms with Gasteiger partial charge in [0.2, 0.25) is 11.7 Å². The number of hydrogen-bond donors (Lipinski definition) is 1. The van der Waals surface area contributed by atoms with Gasteiger partial charge in [0.25, 0.3) is 0 Å². The van der Waals surface area contributed by atoms with Gasteiger partial charge in [-0.05, 0) is 42.7 Å². The van der Waals surface area contributed by atoms with Crippen LogP contribution in [0.4, 0.5) is 4.39 Å². The lowest BCUT2D eigenvalue weighted by Gasteiger charge is -2.38. The SMILES string of the molecule is Fc1ccc(C2(NCc3nc(-c4cccc(Br)c4)no3)CCOCC2)cc1. The maximum absolute atomic E-state index is 13.3. The van der Waals surface area contributed by atoms with Crippen molar-refractivity contribution in [1.82, 2.24) is 15.5 Å². The van der Waals surface area contributed by atoms with Crippen LogP contribution in [0.25, 0.3) is 11.4 Å². The minimum absolute atomic E-state index is 0.239. The molecule has 1 aliphatic heterocycles. The highest BCUT2D eigenvalue weighted by Crippen LogP contribution is 2.32. The van der Waals surface area contributed by atoms with Crippen LogP contribution in [0.2, 0.25) is 0 Å². The Morgan fingerprint density at radius 3 is 2.63 bits per heavy atom. The molecule has 3 aromatic rings. The van der Waals surface area contributed by atoms with E-state index in [1.807, 2.05) is 36.4 Å². The Kier molecular flexibility index (Phi) is 5.33. The number of aromatic nitrogens is 2. The quantitative estimate of drug-likeness (QED) is 0.647. The van der Waals surface area contributed by atoms with E-state index >= 15 is 0 Å². The molecule has 1 aromatic heterocycles. The molecule has 1 saturated heterocycles. The number of benzene rings is 2. The van der Waals surface area contributed by atoms with Crippen molar-refractivity contribution in [2.75, 3.05) is 13.2 Å². The second-order valence-electron chi connectivity index (χ2n) is 6.58. The molecule has 0 spiro atoms. The standard InChI is InChI=1S/C20H19BrFN3O2/c21-16-3-1-2-14(12-16)19-24-18(27-25-19)13-23-20(8-10-26-11-9-20)15-4-6-17(22)7-5-15/h1-7,12,23H,8-11,13H2. The summed E-state index contributed by atoms with van der Waals surface area (Å²) >= 11 is 3.45. The van der Waals surface area contributed by atoms with E-state index in [0.717, 1.165) is 28.4 Å². The fourth-order valence-corrected chi connectivity index (χ4v) is 3.77. The molecule has 0 radical (unpaired) electrons. The fourth-order valence-electron chi connectivity index (χ4n) is 3.37. The Morgan fingerprint density at radius 2 is 1.89 bits per heavy atom. The first-order valence-corrected chi connectivity index (χ1v) is 9.61. The van der Waals surface area contributed by atoms with Crippen LogP contribution < -0.4 is 5.32 Å². The molecule has 1 fully saturated rings. The highest BCUT2D eigenvalue weighted by atomic mass is 79.9. The number of halogens is 2. The van der Waals surface area contributed by atoms with Crippen molar-refractivity contribution in [1.29, 1.82) is 0 Å². The first kappa shape index (κ1) is 18.3. The largest absolute Gasteiger partial charge is 0.381 e. The molecule has 5 nitrogen and oxygen atoms in total. The summed E-state index contributed by atoms with van der Waals surface area (Å²) in [6.07, 6.45) is 1.59. The van der Waals surface area contributed by atoms with Crippen LogP contribution in [0.5, 0.6) is 0 Å². The fraction of sp³-hybridized carbons (Fsp3) is 0.300. The Morgan fingerprint density at radius 1 is 1.11 bits per heavy atom. The summed E-state index contributed by atoms with van der Waals surface area (Å²) in [4.78, 5) is 4.49. The molecule has 0 atom stereocenters. The normalized spacial score (nSPS) is 16.4. The molecular weight excluding hydrogens is 413 g/mol. The minimum Gasteiger partial charge on any atom is -0.381 e. The number of ether oxygens (including phenoxy) is 1. The molecule has 27 heavy (non-hydrogen) atoms. The number of nitrogens with one attached hydrogen (secondary N) is 1. The van der Waals surface area contributed by atoms with E-state index in [9.17, 15) is 4.39 Å². The first-order valence-electron chi connectivity index (χ1n) is 8.82. The van der Waals surface area contributed by atoms with Gasteiger partial charge < -0.3 is 9.26 Å². The number of nitrogens with zero attached hydrogens (tertiary/aromatic N) is 2. The van der Waals surface area contributed by atoms with Crippen molar-refractivity contribution in [3.05, 3.63) is 70.3 Å². The average Bonchev–Trinajstić information content (AvgIpc) is 3.17. The molecule has 4 rings (SSSR count). The van der Waals surface area contributed by atoms with E-state index in [1.165, 1.54) is 12.1 Å². The van der Waals surface area contributed by atoms with Crippen LogP contribution in [0, 0.1) is 5.82 Å². The van der Waals surface area contributed by atoms with Crippen LogP contribution in [0.1, 0.15) is 24.3 Å². The smallest absolute Gasteiger partial charge is 0.240 e. The van der Waals surface area contributed by atoms with Gasteiger partial charge in [-0.3, -0.25) is 5.32 Å². The van der Waals surface area contributed by atoms with Gasteiger partial charge in [-0.2, -0.15) is 4.98 Å². The zero-order chi connectivity index (χ0) is 18.7. The molecule has 1 N–H and O–H groups in total. The van der Waals surface area contributed by atoms with E-state index in [0.29, 0.717) is 31.5 Å². The van der Waals surface area contributed by atoms with Gasteiger partial charge >= 0.3 is 0 Å². The Labute approximate surface area is 165 Å². The molecule has 7 heteroatoms. The van der Waals surface area contributed by atoms with Crippen molar-refractivity contribution >= 4 is 15.9 Å². The second kappa shape index (κ2) is 7.88. The highest BCUT2D eigenvalue weighted by Gasteiger charge is 2.34. The summed E-state index contributed by atoms with van der Waals surface area (Å²) in [5, 5.41) is 7.63. The zero-order valence-electron chi connectivity index (χ0n) is 14.6. The zero-order valence-corrected chi connectivity index (χ0v) is 16.2. The molecule has 0 bridgehead atoms. The van der Waals surface area contributed by atoms with E-state index in [1.54, 1.807) is 0 Å². The third kappa shape index (κ3) is 4.10. The lowest BCUT2D eigenvalue weighted by atomic mass is 9.82. The topological polar surface area (TPSA) is 60.2 Å². The van der Waals surface area contributed by atoms with Crippen molar-refractivity contribution in [3.8, 4) is 11.4 Å². The van der Waals surface area contributed by atoms with E-state index in [2.05, 4.69) is 31.4 Å². The Bertz CT molecular complexity index is 908. The summed E-state index contributed by atoms with van der Waals surface area (Å²) in [6, 6.07) is 14.4. The summed E-state index contributed by atoms with van der Waals surface area (Å²) in [6.45, 7) is 1.73. The molecule has 2 aromatic carbocycles. The van der Waals surface area contributed by atoms with E-state index < -0.39 is 0 Å². The van der Waals surface area contributed by atoms with Gasteiger partial charge in [-0.25, -0.2) is 4.39 Å². The van der Waals surface area contributed by atoms with Gasteiger partial charge in [-0.15, -0.1) is 0 Å². The molecule has 0 saturated carbocycles. The van der Waals surface area contributed by atoms with Crippen molar-refractivity contribution in [3.63, 3.8) is 0 Å². The summed E-state index contributed by atoms with van der Waals surface area (Å²) < 4.78 is 25.2. The maximum atomic E-state index is 13.3. The van der Waals surface area contributed by atoms with Gasteiger partial charge in [0.15, 0.2) is 0 Å². The predicted molar refractivity (Wildman–Crippen MR) is 102 cm³/mol. The van der Waals surface area contributed by atoms with Gasteiger partial charge in [-0.1, -0.05) is 45.4 Å². The lowest BCUT2D eigenvalue weighted by molar-refractivity contribution is 0.0346. The van der Waals surface area contributed by atoms with Crippen molar-refractivity contribution in [2.45, 2.75) is 24.9 Å². The Hall–Kier alpha value is -2.09. The van der Waals surface area contributed by atoms with Crippen LogP contribution in [0.15, 0.2) is 57.5 Å². The molecule has 0 aliphatic carbocycles. The van der Waals surface area contributed by atoms with Gasteiger partial charge in [0.05, 0.1) is 6.54 Å². The molecule has 2 heterocycles. The third-order valence-corrected chi connectivity index (χ3v) is 5.37.